The number of amides is 3. The first-order valence-electron chi connectivity index (χ1n) is 8.96. The summed E-state index contributed by atoms with van der Waals surface area (Å²) in [4.78, 5) is 41.4. The van der Waals surface area contributed by atoms with Crippen LogP contribution in [-0.4, -0.2) is 35.2 Å². The van der Waals surface area contributed by atoms with E-state index in [0.29, 0.717) is 17.7 Å². The molecule has 26 heavy (non-hydrogen) atoms. The molecular weight excluding hydrogens is 328 g/mol. The van der Waals surface area contributed by atoms with Gasteiger partial charge in [-0.05, 0) is 49.9 Å². The first kappa shape index (κ1) is 16.5. The monoisotopic (exact) mass is 348 g/mol. The molecule has 0 bridgehead atoms. The van der Waals surface area contributed by atoms with Crippen LogP contribution >= 0.6 is 0 Å². The molecule has 0 radical (unpaired) electrons. The van der Waals surface area contributed by atoms with E-state index < -0.39 is 17.9 Å². The van der Waals surface area contributed by atoms with Gasteiger partial charge >= 0.3 is 0 Å². The number of fused-ring (bicyclic) bond motifs is 2. The normalized spacial score (nSPS) is 17.6. The van der Waals surface area contributed by atoms with Gasteiger partial charge in [0, 0.05) is 12.2 Å². The van der Waals surface area contributed by atoms with Gasteiger partial charge in [-0.3, -0.25) is 19.3 Å². The first-order chi connectivity index (χ1) is 12.6. The molecule has 3 amide bonds. The number of aryl methyl sites for hydroxylation is 1. The van der Waals surface area contributed by atoms with Crippen LogP contribution in [0.4, 0.5) is 5.69 Å². The van der Waals surface area contributed by atoms with Crippen LogP contribution in [0.5, 0.6) is 0 Å². The number of imide groups is 1. The highest BCUT2D eigenvalue weighted by Crippen LogP contribution is 2.29. The van der Waals surface area contributed by atoms with Gasteiger partial charge in [0.15, 0.2) is 0 Å². The van der Waals surface area contributed by atoms with Crippen molar-refractivity contribution in [3.8, 4) is 0 Å². The Bertz CT molecular complexity index is 871. The molecule has 2 heterocycles. The highest BCUT2D eigenvalue weighted by atomic mass is 16.2. The molecule has 2 aliphatic rings. The highest BCUT2D eigenvalue weighted by molar-refractivity contribution is 6.23. The largest absolute Gasteiger partial charge is 0.310 e. The van der Waals surface area contributed by atoms with Gasteiger partial charge < -0.3 is 4.90 Å². The van der Waals surface area contributed by atoms with E-state index in [-0.39, 0.29) is 5.91 Å². The molecule has 1 atom stereocenters. The van der Waals surface area contributed by atoms with E-state index in [1.54, 1.807) is 36.1 Å². The number of hydrogen-bond donors (Lipinski definition) is 0. The zero-order valence-electron chi connectivity index (χ0n) is 14.6. The Balaban J connectivity index is 1.65. The molecule has 1 unspecified atom stereocenters. The summed E-state index contributed by atoms with van der Waals surface area (Å²) in [5, 5.41) is 0. The second kappa shape index (κ2) is 6.41. The van der Waals surface area contributed by atoms with Crippen LogP contribution in [0.1, 0.15) is 46.0 Å². The van der Waals surface area contributed by atoms with Crippen LogP contribution < -0.4 is 4.90 Å². The second-order valence-corrected chi connectivity index (χ2v) is 6.78. The predicted molar refractivity (Wildman–Crippen MR) is 98.1 cm³/mol. The van der Waals surface area contributed by atoms with Gasteiger partial charge in [0.25, 0.3) is 11.8 Å². The van der Waals surface area contributed by atoms with Crippen molar-refractivity contribution in [3.05, 3.63) is 65.2 Å². The van der Waals surface area contributed by atoms with E-state index in [9.17, 15) is 14.4 Å². The fourth-order valence-corrected chi connectivity index (χ4v) is 3.82. The summed E-state index contributed by atoms with van der Waals surface area (Å²) in [6, 6.07) is 13.7. The maximum atomic E-state index is 13.2. The topological polar surface area (TPSA) is 57.7 Å². The zero-order valence-corrected chi connectivity index (χ0v) is 14.6. The van der Waals surface area contributed by atoms with Crippen LogP contribution in [0.25, 0.3) is 0 Å². The Morgan fingerprint density at radius 2 is 1.54 bits per heavy atom. The SMILES string of the molecule is CC(C(=O)N1CCCCc2ccccc21)N1C(=O)c2ccccc2C1=O. The van der Waals surface area contributed by atoms with E-state index in [0.717, 1.165) is 35.4 Å². The number of para-hydroxylation sites is 1. The van der Waals surface area contributed by atoms with Crippen LogP contribution in [0.2, 0.25) is 0 Å². The minimum Gasteiger partial charge on any atom is -0.310 e. The van der Waals surface area contributed by atoms with Crippen LogP contribution in [-0.2, 0) is 11.2 Å². The average molecular weight is 348 g/mol. The Morgan fingerprint density at radius 3 is 2.23 bits per heavy atom. The number of nitrogens with zero attached hydrogens (tertiary/aromatic N) is 2. The number of anilines is 1. The Hall–Kier alpha value is -2.95. The number of hydrogen-bond acceptors (Lipinski definition) is 3. The van der Waals surface area contributed by atoms with Crippen LogP contribution in [0, 0.1) is 0 Å². The molecule has 5 heteroatoms. The number of benzene rings is 2. The molecule has 2 aromatic carbocycles. The van der Waals surface area contributed by atoms with Crippen molar-refractivity contribution in [2.75, 3.05) is 11.4 Å². The average Bonchev–Trinajstić information content (AvgIpc) is 2.82. The van der Waals surface area contributed by atoms with Gasteiger partial charge in [0.05, 0.1) is 11.1 Å². The molecule has 0 aliphatic carbocycles. The molecule has 0 spiro atoms. The molecule has 0 saturated carbocycles. The van der Waals surface area contributed by atoms with Crippen LogP contribution in [0.15, 0.2) is 48.5 Å². The number of rotatable bonds is 2. The molecular formula is C21H20N2O3. The van der Waals surface area contributed by atoms with Crippen molar-refractivity contribution >= 4 is 23.4 Å². The lowest BCUT2D eigenvalue weighted by atomic mass is 10.1. The molecule has 0 saturated heterocycles. The lowest BCUT2D eigenvalue weighted by Gasteiger charge is -2.29. The van der Waals surface area contributed by atoms with E-state index in [1.807, 2.05) is 24.3 Å². The molecule has 0 N–H and O–H groups in total. The van der Waals surface area contributed by atoms with E-state index in [1.165, 1.54) is 0 Å². The second-order valence-electron chi connectivity index (χ2n) is 6.78. The molecule has 5 nitrogen and oxygen atoms in total. The van der Waals surface area contributed by atoms with E-state index in [4.69, 9.17) is 0 Å². The molecule has 132 valence electrons. The van der Waals surface area contributed by atoms with Crippen molar-refractivity contribution in [3.63, 3.8) is 0 Å². The van der Waals surface area contributed by atoms with E-state index >= 15 is 0 Å². The van der Waals surface area contributed by atoms with Gasteiger partial charge in [0.1, 0.15) is 6.04 Å². The van der Waals surface area contributed by atoms with Crippen molar-refractivity contribution in [1.29, 1.82) is 0 Å². The Morgan fingerprint density at radius 1 is 0.923 bits per heavy atom. The lowest BCUT2D eigenvalue weighted by molar-refractivity contribution is -0.122. The number of carbonyl (C=O) groups excluding carboxylic acids is 3. The van der Waals surface area contributed by atoms with Crippen molar-refractivity contribution in [2.45, 2.75) is 32.2 Å². The van der Waals surface area contributed by atoms with E-state index in [2.05, 4.69) is 0 Å². The molecule has 2 aromatic rings. The Labute approximate surface area is 152 Å². The quantitative estimate of drug-likeness (QED) is 0.784. The number of carbonyl (C=O) groups is 3. The standard InChI is InChI=1S/C21H20N2O3/c1-14(23-20(25)16-10-3-4-11-17(16)21(23)26)19(24)22-13-7-6-9-15-8-2-5-12-18(15)22/h2-5,8,10-12,14H,6-7,9,13H2,1H3. The third kappa shape index (κ3) is 2.51. The summed E-state index contributed by atoms with van der Waals surface area (Å²) in [5.74, 6) is -1.00. The van der Waals surface area contributed by atoms with Crippen molar-refractivity contribution in [2.24, 2.45) is 0 Å². The molecule has 0 fully saturated rings. The first-order valence-corrected chi connectivity index (χ1v) is 8.96. The highest BCUT2D eigenvalue weighted by Gasteiger charge is 2.42. The van der Waals surface area contributed by atoms with Crippen molar-refractivity contribution in [1.82, 2.24) is 4.90 Å². The fraction of sp³-hybridized carbons (Fsp3) is 0.286. The maximum Gasteiger partial charge on any atom is 0.262 e. The summed E-state index contributed by atoms with van der Waals surface area (Å²) < 4.78 is 0. The minimum absolute atomic E-state index is 0.214. The predicted octanol–water partition coefficient (Wildman–Crippen LogP) is 3.04. The summed E-state index contributed by atoms with van der Waals surface area (Å²) >= 11 is 0. The summed E-state index contributed by atoms with van der Waals surface area (Å²) in [6.07, 6.45) is 2.85. The van der Waals surface area contributed by atoms with Gasteiger partial charge in [-0.25, -0.2) is 0 Å². The van der Waals surface area contributed by atoms with Gasteiger partial charge in [-0.2, -0.15) is 0 Å². The Kier molecular flexibility index (Phi) is 4.07. The summed E-state index contributed by atoms with van der Waals surface area (Å²) in [5.41, 5.74) is 2.76. The van der Waals surface area contributed by atoms with Crippen molar-refractivity contribution < 1.29 is 14.4 Å². The zero-order chi connectivity index (χ0) is 18.3. The van der Waals surface area contributed by atoms with Gasteiger partial charge in [0.2, 0.25) is 5.91 Å². The summed E-state index contributed by atoms with van der Waals surface area (Å²) in [7, 11) is 0. The van der Waals surface area contributed by atoms with Crippen LogP contribution in [0.3, 0.4) is 0 Å². The fourth-order valence-electron chi connectivity index (χ4n) is 3.82. The van der Waals surface area contributed by atoms with Gasteiger partial charge in [-0.1, -0.05) is 30.3 Å². The molecule has 2 aliphatic heterocycles. The smallest absolute Gasteiger partial charge is 0.262 e. The molecule has 0 aromatic heterocycles. The third-order valence-corrected chi connectivity index (χ3v) is 5.20. The summed E-state index contributed by atoms with van der Waals surface area (Å²) in [6.45, 7) is 2.24. The van der Waals surface area contributed by atoms with Gasteiger partial charge in [-0.15, -0.1) is 0 Å². The maximum absolute atomic E-state index is 13.2. The molecule has 4 rings (SSSR count). The minimum atomic E-state index is -0.839. The third-order valence-electron chi connectivity index (χ3n) is 5.20. The lowest BCUT2D eigenvalue weighted by Crippen LogP contribution is -2.49.